The summed E-state index contributed by atoms with van der Waals surface area (Å²) in [6.07, 6.45) is 6.65. The van der Waals surface area contributed by atoms with Crippen molar-refractivity contribution in [1.29, 1.82) is 4.78 Å². The van der Waals surface area contributed by atoms with Crippen LogP contribution in [0.1, 0.15) is 73.9 Å². The second kappa shape index (κ2) is 15.8. The third kappa shape index (κ3) is 8.24. The minimum atomic E-state index is -3.56. The molecule has 6 rings (SSSR count). The first-order chi connectivity index (χ1) is 24.4. The Morgan fingerprint density at radius 1 is 1.24 bits per heavy atom. The smallest absolute Gasteiger partial charge is 0.263 e. The fraction of sp³-hybridized carbons (Fsp3) is 0.579. The fourth-order valence-corrected chi connectivity index (χ4v) is 10.1. The van der Waals surface area contributed by atoms with Crippen molar-refractivity contribution in [1.82, 2.24) is 14.5 Å². The van der Waals surface area contributed by atoms with E-state index in [4.69, 9.17) is 25.9 Å². The highest BCUT2D eigenvalue weighted by atomic mass is 35.5. The van der Waals surface area contributed by atoms with E-state index in [0.29, 0.717) is 62.4 Å². The van der Waals surface area contributed by atoms with Crippen LogP contribution in [0.15, 0.2) is 48.3 Å². The molecule has 0 radical (unpaired) electrons. The molecule has 10 nitrogen and oxygen atoms in total. The lowest BCUT2D eigenvalue weighted by Crippen LogP contribution is -2.55. The molecule has 3 heterocycles. The Labute approximate surface area is 306 Å². The number of anilines is 1. The van der Waals surface area contributed by atoms with E-state index in [1.165, 1.54) is 17.2 Å². The standard InChI is InChI=1S/C38H51ClFN5O5S/c1-4-16-43(18-19-49-3)37(47)35-32(40)13-9-26(2)23-51(41,48)42-36(46)28-10-14-34-33(21-28)44(22-30-8-6-17-45(30)35)24-38(25-50-34)15-5-7-27-20-29(39)11-12-31(27)38/h10-14,20-21,26,30,35H,4-9,15-19,22-25H2,1-3H3,(H2,41,42,46,48)/b32-13-/t26-,30-,35+,38-,51?/m0/s1. The van der Waals surface area contributed by atoms with E-state index in [1.807, 2.05) is 24.0 Å². The molecule has 4 aliphatic rings. The Kier molecular flexibility index (Phi) is 11.6. The van der Waals surface area contributed by atoms with Gasteiger partial charge in [0.25, 0.3) is 5.91 Å². The summed E-state index contributed by atoms with van der Waals surface area (Å²) in [6.45, 7) is 6.97. The zero-order valence-electron chi connectivity index (χ0n) is 29.9. The number of amides is 2. The van der Waals surface area contributed by atoms with Crippen molar-refractivity contribution < 1.29 is 27.7 Å². The number of nitrogens with one attached hydrogen (secondary N) is 2. The van der Waals surface area contributed by atoms with Crippen LogP contribution in [-0.2, 0) is 31.3 Å². The van der Waals surface area contributed by atoms with Gasteiger partial charge in [-0.15, -0.1) is 0 Å². The predicted molar refractivity (Wildman–Crippen MR) is 199 cm³/mol. The zero-order valence-corrected chi connectivity index (χ0v) is 31.5. The molecule has 1 fully saturated rings. The molecule has 13 heteroatoms. The number of benzene rings is 2. The quantitative estimate of drug-likeness (QED) is 0.367. The molecular formula is C38H51ClFN5O5S. The maximum Gasteiger partial charge on any atom is 0.263 e. The Morgan fingerprint density at radius 3 is 2.84 bits per heavy atom. The monoisotopic (exact) mass is 743 g/mol. The normalized spacial score (nSPS) is 29.6. The Bertz CT molecular complexity index is 1760. The molecule has 5 atom stereocenters. The van der Waals surface area contributed by atoms with Crippen molar-refractivity contribution in [2.75, 3.05) is 63.7 Å². The van der Waals surface area contributed by atoms with Gasteiger partial charge in [0.2, 0.25) is 5.91 Å². The molecule has 1 saturated heterocycles. The van der Waals surface area contributed by atoms with Crippen LogP contribution < -0.4 is 14.4 Å². The van der Waals surface area contributed by atoms with Crippen LogP contribution in [0.3, 0.4) is 0 Å². The highest BCUT2D eigenvalue weighted by molar-refractivity contribution is 7.91. The number of rotatable bonds is 6. The largest absolute Gasteiger partial charge is 0.490 e. The number of hydrogen-bond acceptors (Lipinski definition) is 8. The Morgan fingerprint density at radius 2 is 2.06 bits per heavy atom. The van der Waals surface area contributed by atoms with Gasteiger partial charge < -0.3 is 19.3 Å². The number of fused-ring (bicyclic) bond motifs is 4. The van der Waals surface area contributed by atoms with Gasteiger partial charge in [0.15, 0.2) is 0 Å². The molecule has 0 aromatic heterocycles. The number of aryl methyl sites for hydroxylation is 1. The van der Waals surface area contributed by atoms with Crippen molar-refractivity contribution in [2.45, 2.75) is 76.3 Å². The second-order valence-electron chi connectivity index (χ2n) is 14.7. The van der Waals surface area contributed by atoms with E-state index in [9.17, 15) is 13.8 Å². The number of carbonyl (C=O) groups excluding carboxylic acids is 2. The number of halogens is 2. The second-order valence-corrected chi connectivity index (χ2v) is 17.1. The minimum Gasteiger partial charge on any atom is -0.490 e. The highest BCUT2D eigenvalue weighted by Crippen LogP contribution is 2.45. The Balaban J connectivity index is 1.46. The molecule has 1 aliphatic carbocycles. The van der Waals surface area contributed by atoms with Crippen molar-refractivity contribution in [3.05, 3.63) is 70.0 Å². The number of carbonyl (C=O) groups is 2. The molecule has 2 N–H and O–H groups in total. The van der Waals surface area contributed by atoms with Gasteiger partial charge in [-0.3, -0.25) is 19.2 Å². The van der Waals surface area contributed by atoms with Crippen LogP contribution in [-0.4, -0.2) is 96.7 Å². The summed E-state index contributed by atoms with van der Waals surface area (Å²) in [6, 6.07) is 9.97. The van der Waals surface area contributed by atoms with E-state index < -0.39 is 27.7 Å². The number of nitrogens with zero attached hydrogens (tertiary/aromatic N) is 3. The number of ether oxygens (including phenoxy) is 2. The number of hydrogen-bond donors (Lipinski definition) is 2. The molecule has 278 valence electrons. The summed E-state index contributed by atoms with van der Waals surface area (Å²) >= 11 is 6.45. The Hall–Kier alpha value is -3.19. The van der Waals surface area contributed by atoms with Crippen molar-refractivity contribution in [3.63, 3.8) is 0 Å². The highest BCUT2D eigenvalue weighted by Gasteiger charge is 2.45. The van der Waals surface area contributed by atoms with E-state index in [-0.39, 0.29) is 41.0 Å². The molecule has 0 saturated carbocycles. The van der Waals surface area contributed by atoms with Crippen LogP contribution in [0.2, 0.25) is 5.02 Å². The summed E-state index contributed by atoms with van der Waals surface area (Å²) < 4.78 is 53.0. The molecule has 1 unspecified atom stereocenters. The zero-order chi connectivity index (χ0) is 36.3. The molecule has 3 aliphatic heterocycles. The average Bonchev–Trinajstić information content (AvgIpc) is 3.48. The van der Waals surface area contributed by atoms with Crippen molar-refractivity contribution in [3.8, 4) is 5.75 Å². The van der Waals surface area contributed by atoms with Gasteiger partial charge in [-0.25, -0.2) is 13.4 Å². The topological polar surface area (TPSA) is 115 Å². The number of methoxy groups -OCH3 is 1. The lowest BCUT2D eigenvalue weighted by molar-refractivity contribution is -0.137. The average molecular weight is 744 g/mol. The summed E-state index contributed by atoms with van der Waals surface area (Å²) in [7, 11) is -1.97. The van der Waals surface area contributed by atoms with E-state index in [1.54, 1.807) is 37.1 Å². The first kappa shape index (κ1) is 37.6. The van der Waals surface area contributed by atoms with Gasteiger partial charge >= 0.3 is 0 Å². The SMILES string of the molecule is CCCN(CCOC)C(=O)[C@H]1/C(F)=C/C[C@H](C)CS(=N)(=O)NC(=O)c2ccc3c(c2)N(C[C@@H]2CCCN21)C[C@@]1(CCCc2cc(Cl)ccc21)CO3. The molecular weight excluding hydrogens is 693 g/mol. The third-order valence-corrected chi connectivity index (χ3v) is 12.6. The third-order valence-electron chi connectivity index (χ3n) is 10.8. The first-order valence-corrected chi connectivity index (χ1v) is 20.3. The summed E-state index contributed by atoms with van der Waals surface area (Å²) in [5.74, 6) is -1.37. The van der Waals surface area contributed by atoms with Crippen LogP contribution in [0.5, 0.6) is 5.75 Å². The van der Waals surface area contributed by atoms with Crippen molar-refractivity contribution >= 4 is 39.0 Å². The van der Waals surface area contributed by atoms with Gasteiger partial charge in [0.1, 0.15) is 27.5 Å². The molecule has 2 aromatic rings. The molecule has 2 bridgehead atoms. The summed E-state index contributed by atoms with van der Waals surface area (Å²) in [5.41, 5.74) is 3.00. The van der Waals surface area contributed by atoms with Crippen LogP contribution >= 0.6 is 11.6 Å². The molecule has 2 aromatic carbocycles. The van der Waals surface area contributed by atoms with Crippen LogP contribution in [0.4, 0.5) is 10.1 Å². The fourth-order valence-electron chi connectivity index (χ4n) is 8.44. The molecule has 1 spiro atoms. The van der Waals surface area contributed by atoms with Gasteiger partial charge in [-0.05, 0) is 98.9 Å². The van der Waals surface area contributed by atoms with Crippen molar-refractivity contribution in [2.24, 2.45) is 5.92 Å². The minimum absolute atomic E-state index is 0.157. The maximum absolute atomic E-state index is 16.7. The van der Waals surface area contributed by atoms with E-state index in [0.717, 1.165) is 38.5 Å². The van der Waals surface area contributed by atoms with E-state index in [2.05, 4.69) is 15.7 Å². The van der Waals surface area contributed by atoms with Crippen LogP contribution in [0, 0.1) is 10.7 Å². The molecule has 2 amide bonds. The molecule has 51 heavy (non-hydrogen) atoms. The lowest BCUT2D eigenvalue weighted by atomic mass is 9.70. The van der Waals surface area contributed by atoms with Gasteiger partial charge in [-0.2, -0.15) is 0 Å². The van der Waals surface area contributed by atoms with Gasteiger partial charge in [0, 0.05) is 55.3 Å². The van der Waals surface area contributed by atoms with Gasteiger partial charge in [-0.1, -0.05) is 37.6 Å². The van der Waals surface area contributed by atoms with Crippen LogP contribution in [0.25, 0.3) is 0 Å². The maximum atomic E-state index is 16.7. The first-order valence-electron chi connectivity index (χ1n) is 18.2. The van der Waals surface area contributed by atoms with E-state index >= 15 is 4.39 Å². The van der Waals surface area contributed by atoms with Gasteiger partial charge in [0.05, 0.1) is 24.7 Å². The summed E-state index contributed by atoms with van der Waals surface area (Å²) in [4.78, 5) is 33.9. The number of allylic oxidation sites excluding steroid dienone is 1. The summed E-state index contributed by atoms with van der Waals surface area (Å²) in [5, 5.41) is 0.694. The lowest BCUT2D eigenvalue weighted by Gasteiger charge is -2.42. The predicted octanol–water partition coefficient (Wildman–Crippen LogP) is 6.12.